The molecule has 1 saturated carbocycles. The zero-order valence-corrected chi connectivity index (χ0v) is 20.1. The van der Waals surface area contributed by atoms with Crippen LogP contribution in [0.5, 0.6) is 11.5 Å². The number of carbonyl (C=O) groups excluding carboxylic acids is 4. The molecular formula is C26H28O10. The van der Waals surface area contributed by atoms with E-state index in [1.165, 1.54) is 24.3 Å². The van der Waals surface area contributed by atoms with Gasteiger partial charge in [0.15, 0.2) is 0 Å². The standard InChI is InChI=1S/C26H28O10/c1-3-31-25(29)35-21-11-7-5-9-19(21)23(27)33-17-13-15-18(16-14-17)34-24(28)20-10-6-8-12-22(20)36-26(30)32-4-2/h5-12,17-18H,3-4,13-16H2,1-2H3. The average Bonchev–Trinajstić information content (AvgIpc) is 2.86. The molecule has 0 saturated heterocycles. The van der Waals surface area contributed by atoms with Crippen molar-refractivity contribution < 1.29 is 47.6 Å². The molecule has 3 rings (SSSR count). The Kier molecular flexibility index (Phi) is 9.67. The number of benzene rings is 2. The fraction of sp³-hybridized carbons (Fsp3) is 0.385. The van der Waals surface area contributed by atoms with E-state index in [9.17, 15) is 19.2 Å². The maximum atomic E-state index is 12.7. The molecule has 192 valence electrons. The van der Waals surface area contributed by atoms with E-state index in [0.717, 1.165) is 0 Å². The molecule has 0 aliphatic heterocycles. The van der Waals surface area contributed by atoms with E-state index in [0.29, 0.717) is 25.7 Å². The van der Waals surface area contributed by atoms with E-state index in [1.54, 1.807) is 38.1 Å². The predicted octanol–water partition coefficient (Wildman–Crippen LogP) is 5.08. The van der Waals surface area contributed by atoms with Gasteiger partial charge in [-0.2, -0.15) is 0 Å². The first-order valence-electron chi connectivity index (χ1n) is 11.7. The van der Waals surface area contributed by atoms with Crippen LogP contribution < -0.4 is 9.47 Å². The molecule has 0 heterocycles. The van der Waals surface area contributed by atoms with Crippen molar-refractivity contribution >= 4 is 24.2 Å². The fourth-order valence-electron chi connectivity index (χ4n) is 3.62. The Balaban J connectivity index is 1.53. The molecule has 1 aliphatic carbocycles. The van der Waals surface area contributed by atoms with Crippen molar-refractivity contribution in [3.05, 3.63) is 59.7 Å². The van der Waals surface area contributed by atoms with E-state index in [4.69, 9.17) is 28.4 Å². The van der Waals surface area contributed by atoms with Crippen LogP contribution in [-0.4, -0.2) is 49.7 Å². The molecule has 0 atom stereocenters. The fourth-order valence-corrected chi connectivity index (χ4v) is 3.62. The maximum absolute atomic E-state index is 12.7. The normalized spacial score (nSPS) is 16.8. The Labute approximate surface area is 208 Å². The first kappa shape index (κ1) is 26.5. The second-order valence-electron chi connectivity index (χ2n) is 7.77. The Morgan fingerprint density at radius 1 is 0.639 bits per heavy atom. The van der Waals surface area contributed by atoms with Crippen LogP contribution in [0.15, 0.2) is 48.5 Å². The summed E-state index contributed by atoms with van der Waals surface area (Å²) in [6, 6.07) is 12.5. The lowest BCUT2D eigenvalue weighted by Gasteiger charge is -2.28. The summed E-state index contributed by atoms with van der Waals surface area (Å²) in [6.45, 7) is 3.57. The van der Waals surface area contributed by atoms with Crippen LogP contribution in [0.2, 0.25) is 0 Å². The van der Waals surface area contributed by atoms with Crippen LogP contribution in [0.3, 0.4) is 0 Å². The lowest BCUT2D eigenvalue weighted by Crippen LogP contribution is -2.30. The zero-order chi connectivity index (χ0) is 25.9. The topological polar surface area (TPSA) is 124 Å². The third-order valence-electron chi connectivity index (χ3n) is 5.29. The molecule has 0 bridgehead atoms. The molecular weight excluding hydrogens is 472 g/mol. The van der Waals surface area contributed by atoms with Gasteiger partial charge >= 0.3 is 24.2 Å². The van der Waals surface area contributed by atoms with Crippen LogP contribution >= 0.6 is 0 Å². The highest BCUT2D eigenvalue weighted by atomic mass is 16.7. The van der Waals surface area contributed by atoms with E-state index < -0.39 is 24.2 Å². The summed E-state index contributed by atoms with van der Waals surface area (Å²) in [5.74, 6) is -1.15. The smallest absolute Gasteiger partial charge is 0.459 e. The van der Waals surface area contributed by atoms with Gasteiger partial charge in [-0.15, -0.1) is 0 Å². The highest BCUT2D eigenvalue weighted by molar-refractivity contribution is 5.94. The number of esters is 2. The van der Waals surface area contributed by atoms with Gasteiger partial charge < -0.3 is 28.4 Å². The van der Waals surface area contributed by atoms with Gasteiger partial charge in [0.2, 0.25) is 0 Å². The average molecular weight is 501 g/mol. The Morgan fingerprint density at radius 3 is 1.36 bits per heavy atom. The minimum absolute atomic E-state index is 0.0484. The van der Waals surface area contributed by atoms with Gasteiger partial charge in [0.05, 0.1) is 13.2 Å². The molecule has 0 spiro atoms. The predicted molar refractivity (Wildman–Crippen MR) is 125 cm³/mol. The molecule has 0 amide bonds. The summed E-state index contributed by atoms with van der Waals surface area (Å²) in [5.41, 5.74) is 0.217. The van der Waals surface area contributed by atoms with Crippen molar-refractivity contribution in [2.24, 2.45) is 0 Å². The molecule has 0 N–H and O–H groups in total. The van der Waals surface area contributed by atoms with E-state index in [2.05, 4.69) is 0 Å². The number of carbonyl (C=O) groups is 4. The number of rotatable bonds is 8. The molecule has 10 heteroatoms. The number of hydrogen-bond acceptors (Lipinski definition) is 10. The molecule has 10 nitrogen and oxygen atoms in total. The van der Waals surface area contributed by atoms with E-state index in [-0.39, 0.29) is 48.0 Å². The zero-order valence-electron chi connectivity index (χ0n) is 20.1. The van der Waals surface area contributed by atoms with E-state index in [1.807, 2.05) is 0 Å². The maximum Gasteiger partial charge on any atom is 0.513 e. The molecule has 2 aromatic carbocycles. The third-order valence-corrected chi connectivity index (χ3v) is 5.29. The minimum Gasteiger partial charge on any atom is -0.459 e. The van der Waals surface area contributed by atoms with Crippen molar-refractivity contribution in [2.75, 3.05) is 13.2 Å². The molecule has 0 aromatic heterocycles. The summed E-state index contributed by atoms with van der Waals surface area (Å²) in [6.07, 6.45) is -0.678. The van der Waals surface area contributed by atoms with Gasteiger partial charge in [0, 0.05) is 0 Å². The van der Waals surface area contributed by atoms with Crippen LogP contribution in [0, 0.1) is 0 Å². The summed E-state index contributed by atoms with van der Waals surface area (Å²) in [7, 11) is 0. The molecule has 0 unspecified atom stereocenters. The summed E-state index contributed by atoms with van der Waals surface area (Å²) in [5, 5.41) is 0. The monoisotopic (exact) mass is 500 g/mol. The van der Waals surface area contributed by atoms with Crippen molar-refractivity contribution in [1.82, 2.24) is 0 Å². The third kappa shape index (κ3) is 7.46. The van der Waals surface area contributed by atoms with Crippen molar-refractivity contribution in [2.45, 2.75) is 51.7 Å². The van der Waals surface area contributed by atoms with E-state index >= 15 is 0 Å². The highest BCUT2D eigenvalue weighted by Gasteiger charge is 2.29. The lowest BCUT2D eigenvalue weighted by molar-refractivity contribution is -0.0112. The van der Waals surface area contributed by atoms with Crippen LogP contribution in [0.4, 0.5) is 9.59 Å². The van der Waals surface area contributed by atoms with Gasteiger partial charge in [-0.05, 0) is 63.8 Å². The van der Waals surface area contributed by atoms with Crippen LogP contribution in [-0.2, 0) is 18.9 Å². The van der Waals surface area contributed by atoms with Gasteiger partial charge in [-0.25, -0.2) is 19.2 Å². The van der Waals surface area contributed by atoms with Gasteiger partial charge in [0.1, 0.15) is 34.8 Å². The molecule has 0 radical (unpaired) electrons. The molecule has 1 aliphatic rings. The summed E-state index contributed by atoms with van der Waals surface area (Å²) in [4.78, 5) is 48.7. The number of hydrogen-bond donors (Lipinski definition) is 0. The Hall–Kier alpha value is -4.08. The van der Waals surface area contributed by atoms with Gasteiger partial charge in [-0.1, -0.05) is 24.3 Å². The molecule has 1 fully saturated rings. The summed E-state index contributed by atoms with van der Waals surface area (Å²) < 4.78 is 30.9. The summed E-state index contributed by atoms with van der Waals surface area (Å²) >= 11 is 0. The molecule has 36 heavy (non-hydrogen) atoms. The molecule has 2 aromatic rings. The van der Waals surface area contributed by atoms with Gasteiger partial charge in [-0.3, -0.25) is 0 Å². The lowest BCUT2D eigenvalue weighted by atomic mass is 9.94. The van der Waals surface area contributed by atoms with Crippen LogP contribution in [0.25, 0.3) is 0 Å². The minimum atomic E-state index is -0.908. The second-order valence-corrected chi connectivity index (χ2v) is 7.77. The van der Waals surface area contributed by atoms with Crippen molar-refractivity contribution in [1.29, 1.82) is 0 Å². The number of para-hydroxylation sites is 2. The SMILES string of the molecule is CCOC(=O)Oc1ccccc1C(=O)OC1CCC(OC(=O)c2ccccc2OC(=O)OCC)CC1. The first-order chi connectivity index (χ1) is 17.4. The van der Waals surface area contributed by atoms with Crippen molar-refractivity contribution in [3.8, 4) is 11.5 Å². The first-order valence-corrected chi connectivity index (χ1v) is 11.7. The second kappa shape index (κ2) is 13.1. The van der Waals surface area contributed by atoms with Crippen molar-refractivity contribution in [3.63, 3.8) is 0 Å². The Bertz CT molecular complexity index is 986. The number of ether oxygens (including phenoxy) is 6. The highest BCUT2D eigenvalue weighted by Crippen LogP contribution is 2.28. The quantitative estimate of drug-likeness (QED) is 0.275. The largest absolute Gasteiger partial charge is 0.513 e. The van der Waals surface area contributed by atoms with Gasteiger partial charge in [0.25, 0.3) is 0 Å². The Morgan fingerprint density at radius 2 is 1.00 bits per heavy atom. The van der Waals surface area contributed by atoms with Crippen LogP contribution in [0.1, 0.15) is 60.2 Å².